The van der Waals surface area contributed by atoms with Gasteiger partial charge in [-0.05, 0) is 36.3 Å². The number of rotatable bonds is 3. The van der Waals surface area contributed by atoms with Crippen LogP contribution in [0.15, 0.2) is 24.3 Å². The van der Waals surface area contributed by atoms with E-state index < -0.39 is 12.1 Å². The van der Waals surface area contributed by atoms with Crippen molar-refractivity contribution < 1.29 is 19.4 Å². The molecule has 1 aliphatic carbocycles. The average molecular weight is 303 g/mol. The smallest absolute Gasteiger partial charge is 0.334 e. The highest BCUT2D eigenvalue weighted by Gasteiger charge is 2.30. The summed E-state index contributed by atoms with van der Waals surface area (Å²) >= 11 is 0. The molecule has 0 unspecified atom stereocenters. The first-order valence-corrected chi connectivity index (χ1v) is 7.82. The molecule has 0 aromatic heterocycles. The lowest BCUT2D eigenvalue weighted by molar-refractivity contribution is -0.159. The van der Waals surface area contributed by atoms with Gasteiger partial charge in [0.1, 0.15) is 0 Å². The highest BCUT2D eigenvalue weighted by Crippen LogP contribution is 2.28. The number of nitrogens with zero attached hydrogens (tertiary/aromatic N) is 1. The maximum atomic E-state index is 12.4. The summed E-state index contributed by atoms with van der Waals surface area (Å²) in [6.07, 6.45) is 2.60. The number of carbonyl (C=O) groups excluding carboxylic acids is 1. The van der Waals surface area contributed by atoms with E-state index in [1.165, 1.54) is 11.1 Å². The van der Waals surface area contributed by atoms with Crippen molar-refractivity contribution >= 4 is 11.9 Å². The summed E-state index contributed by atoms with van der Waals surface area (Å²) in [5, 5.41) is 9.01. The Morgan fingerprint density at radius 1 is 1.27 bits per heavy atom. The number of hydrogen-bond acceptors (Lipinski definition) is 3. The summed E-state index contributed by atoms with van der Waals surface area (Å²) in [7, 11) is 0. The second-order valence-corrected chi connectivity index (χ2v) is 6.12. The fourth-order valence-electron chi connectivity index (χ4n) is 3.35. The predicted octanol–water partition coefficient (Wildman–Crippen LogP) is 1.49. The molecule has 1 fully saturated rings. The van der Waals surface area contributed by atoms with Gasteiger partial charge < -0.3 is 14.7 Å². The Labute approximate surface area is 129 Å². The Balaban J connectivity index is 1.57. The van der Waals surface area contributed by atoms with Gasteiger partial charge in [-0.25, -0.2) is 4.79 Å². The van der Waals surface area contributed by atoms with Crippen LogP contribution < -0.4 is 0 Å². The van der Waals surface area contributed by atoms with Gasteiger partial charge in [-0.3, -0.25) is 4.79 Å². The molecule has 1 amide bonds. The van der Waals surface area contributed by atoms with Crippen molar-refractivity contribution in [3.05, 3.63) is 35.4 Å². The van der Waals surface area contributed by atoms with E-state index in [1.807, 2.05) is 6.07 Å². The highest BCUT2D eigenvalue weighted by atomic mass is 16.5. The van der Waals surface area contributed by atoms with Crippen molar-refractivity contribution in [2.45, 2.75) is 31.8 Å². The largest absolute Gasteiger partial charge is 0.479 e. The minimum absolute atomic E-state index is 0.0546. The molecule has 2 aliphatic rings. The predicted molar refractivity (Wildman–Crippen MR) is 80.5 cm³/mol. The standard InChI is InChI=1S/C17H21NO4/c19-16(18-7-8-22-15(11-18)17(20)21)10-12-5-6-13-3-1-2-4-14(13)9-12/h1-4,12,15H,5-11H2,(H,20,21)/t12-,15+/m0/s1. The van der Waals surface area contributed by atoms with Crippen molar-refractivity contribution in [1.29, 1.82) is 0 Å². The minimum Gasteiger partial charge on any atom is -0.479 e. The third-order valence-electron chi connectivity index (χ3n) is 4.61. The van der Waals surface area contributed by atoms with Crippen LogP contribution in [-0.2, 0) is 27.2 Å². The van der Waals surface area contributed by atoms with Gasteiger partial charge in [0.2, 0.25) is 5.91 Å². The average Bonchev–Trinajstić information content (AvgIpc) is 2.55. The fraction of sp³-hybridized carbons (Fsp3) is 0.529. The number of carboxylic acids is 1. The summed E-state index contributed by atoms with van der Waals surface area (Å²) in [6, 6.07) is 8.40. The Morgan fingerprint density at radius 2 is 2.05 bits per heavy atom. The monoisotopic (exact) mass is 303 g/mol. The Kier molecular flexibility index (Phi) is 4.43. The van der Waals surface area contributed by atoms with Crippen LogP contribution >= 0.6 is 0 Å². The molecule has 22 heavy (non-hydrogen) atoms. The topological polar surface area (TPSA) is 66.8 Å². The molecular weight excluding hydrogens is 282 g/mol. The second-order valence-electron chi connectivity index (χ2n) is 6.12. The maximum Gasteiger partial charge on any atom is 0.334 e. The van der Waals surface area contributed by atoms with Crippen LogP contribution in [-0.4, -0.2) is 47.7 Å². The first-order chi connectivity index (χ1) is 10.6. The molecule has 0 saturated carbocycles. The van der Waals surface area contributed by atoms with E-state index in [9.17, 15) is 9.59 Å². The zero-order valence-electron chi connectivity index (χ0n) is 12.5. The van der Waals surface area contributed by atoms with E-state index in [0.29, 0.717) is 25.5 Å². The maximum absolute atomic E-state index is 12.4. The lowest BCUT2D eigenvalue weighted by Gasteiger charge is -2.32. The van der Waals surface area contributed by atoms with E-state index in [2.05, 4.69) is 18.2 Å². The van der Waals surface area contributed by atoms with Gasteiger partial charge in [0.05, 0.1) is 13.2 Å². The Morgan fingerprint density at radius 3 is 2.82 bits per heavy atom. The number of morpholine rings is 1. The molecule has 0 spiro atoms. The van der Waals surface area contributed by atoms with E-state index in [0.717, 1.165) is 19.3 Å². The van der Waals surface area contributed by atoms with Crippen LogP contribution in [0.1, 0.15) is 24.0 Å². The number of ether oxygens (including phenoxy) is 1. The van der Waals surface area contributed by atoms with Crippen molar-refractivity contribution in [3.8, 4) is 0 Å². The highest BCUT2D eigenvalue weighted by molar-refractivity contribution is 5.79. The first-order valence-electron chi connectivity index (χ1n) is 7.82. The van der Waals surface area contributed by atoms with Gasteiger partial charge in [-0.2, -0.15) is 0 Å². The summed E-state index contributed by atoms with van der Waals surface area (Å²) in [4.78, 5) is 25.1. The zero-order valence-corrected chi connectivity index (χ0v) is 12.5. The van der Waals surface area contributed by atoms with E-state index in [4.69, 9.17) is 9.84 Å². The van der Waals surface area contributed by atoms with Gasteiger partial charge in [0.25, 0.3) is 0 Å². The number of carboxylic acid groups (broad SMARTS) is 1. The summed E-state index contributed by atoms with van der Waals surface area (Å²) < 4.78 is 5.16. The number of amides is 1. The van der Waals surface area contributed by atoms with Crippen LogP contribution in [0.3, 0.4) is 0 Å². The van der Waals surface area contributed by atoms with Crippen LogP contribution in [0.5, 0.6) is 0 Å². The van der Waals surface area contributed by atoms with Gasteiger partial charge in [-0.1, -0.05) is 24.3 Å². The van der Waals surface area contributed by atoms with Crippen molar-refractivity contribution in [3.63, 3.8) is 0 Å². The lowest BCUT2D eigenvalue weighted by Crippen LogP contribution is -2.49. The third kappa shape index (κ3) is 3.30. The number of hydrogen-bond donors (Lipinski definition) is 1. The molecule has 1 heterocycles. The molecule has 1 aromatic rings. The van der Waals surface area contributed by atoms with Gasteiger partial charge in [-0.15, -0.1) is 0 Å². The molecule has 1 aliphatic heterocycles. The third-order valence-corrected chi connectivity index (χ3v) is 4.61. The molecule has 2 atom stereocenters. The van der Waals surface area contributed by atoms with Crippen molar-refractivity contribution in [2.24, 2.45) is 5.92 Å². The quantitative estimate of drug-likeness (QED) is 0.919. The number of aliphatic carboxylic acids is 1. The second kappa shape index (κ2) is 6.48. The van der Waals surface area contributed by atoms with Crippen molar-refractivity contribution in [1.82, 2.24) is 4.90 Å². The molecule has 5 heteroatoms. The van der Waals surface area contributed by atoms with Gasteiger partial charge in [0.15, 0.2) is 6.10 Å². The van der Waals surface area contributed by atoms with E-state index in [-0.39, 0.29) is 12.5 Å². The van der Waals surface area contributed by atoms with Crippen molar-refractivity contribution in [2.75, 3.05) is 19.7 Å². The summed E-state index contributed by atoms with van der Waals surface area (Å²) in [6.45, 7) is 0.958. The molecule has 0 radical (unpaired) electrons. The normalized spacial score (nSPS) is 24.6. The molecular formula is C17H21NO4. The molecule has 0 bridgehead atoms. The number of aryl methyl sites for hydroxylation is 1. The van der Waals surface area contributed by atoms with Gasteiger partial charge >= 0.3 is 5.97 Å². The van der Waals surface area contributed by atoms with Crippen LogP contribution in [0, 0.1) is 5.92 Å². The molecule has 1 N–H and O–H groups in total. The number of fused-ring (bicyclic) bond motifs is 1. The SMILES string of the molecule is O=C(O)[C@H]1CN(C(=O)C[C@H]2CCc3ccccc3C2)CCO1. The molecule has 3 rings (SSSR count). The van der Waals surface area contributed by atoms with Crippen LogP contribution in [0.2, 0.25) is 0 Å². The molecule has 1 aromatic carbocycles. The molecule has 5 nitrogen and oxygen atoms in total. The minimum atomic E-state index is -0.996. The van der Waals surface area contributed by atoms with Crippen LogP contribution in [0.25, 0.3) is 0 Å². The van der Waals surface area contributed by atoms with E-state index in [1.54, 1.807) is 4.90 Å². The zero-order chi connectivity index (χ0) is 15.5. The molecule has 118 valence electrons. The fourth-order valence-corrected chi connectivity index (χ4v) is 3.35. The Hall–Kier alpha value is -1.88. The van der Waals surface area contributed by atoms with Crippen LogP contribution in [0.4, 0.5) is 0 Å². The van der Waals surface area contributed by atoms with Gasteiger partial charge in [0, 0.05) is 13.0 Å². The number of carbonyl (C=O) groups is 2. The Bertz CT molecular complexity index is 572. The number of benzene rings is 1. The summed E-state index contributed by atoms with van der Waals surface area (Å²) in [5.41, 5.74) is 2.74. The summed E-state index contributed by atoms with van der Waals surface area (Å²) in [5.74, 6) is -0.587. The lowest BCUT2D eigenvalue weighted by atomic mass is 9.82. The molecule has 1 saturated heterocycles. The van der Waals surface area contributed by atoms with E-state index >= 15 is 0 Å². The first kappa shape index (κ1) is 15.0.